The van der Waals surface area contributed by atoms with Crippen molar-refractivity contribution in [1.82, 2.24) is 19.7 Å². The molecular weight excluding hydrogens is 290 g/mol. The van der Waals surface area contributed by atoms with Crippen LogP contribution in [-0.2, 0) is 11.8 Å². The number of hydrogen-bond acceptors (Lipinski definition) is 5. The van der Waals surface area contributed by atoms with E-state index in [4.69, 9.17) is 9.72 Å². The molecule has 1 aliphatic carbocycles. The Morgan fingerprint density at radius 3 is 2.83 bits per heavy atom. The van der Waals surface area contributed by atoms with Crippen molar-refractivity contribution in [1.29, 1.82) is 0 Å². The van der Waals surface area contributed by atoms with Gasteiger partial charge in [0.15, 0.2) is 0 Å². The van der Waals surface area contributed by atoms with Gasteiger partial charge in [-0.15, -0.1) is 0 Å². The van der Waals surface area contributed by atoms with Crippen LogP contribution < -0.4 is 5.32 Å². The Bertz CT molecular complexity index is 694. The first-order valence-corrected chi connectivity index (χ1v) is 8.42. The third kappa shape index (κ3) is 2.83. The van der Waals surface area contributed by atoms with Gasteiger partial charge in [0.25, 0.3) is 0 Å². The molecular formula is C17H23N5O. The van der Waals surface area contributed by atoms with Gasteiger partial charge in [0.2, 0.25) is 0 Å². The van der Waals surface area contributed by atoms with E-state index >= 15 is 0 Å². The topological polar surface area (TPSA) is 64.9 Å². The van der Waals surface area contributed by atoms with Crippen LogP contribution in [0.4, 0.5) is 5.82 Å². The molecule has 122 valence electrons. The average molecular weight is 313 g/mol. The van der Waals surface area contributed by atoms with Crippen LogP contribution in [0.3, 0.4) is 0 Å². The Labute approximate surface area is 136 Å². The van der Waals surface area contributed by atoms with Crippen molar-refractivity contribution in [3.8, 4) is 0 Å². The van der Waals surface area contributed by atoms with Gasteiger partial charge >= 0.3 is 0 Å². The number of ether oxygens (including phenoxy) is 1. The quantitative estimate of drug-likeness (QED) is 0.940. The molecule has 2 aliphatic rings. The molecule has 2 aromatic heterocycles. The lowest BCUT2D eigenvalue weighted by molar-refractivity contribution is 0.101. The van der Waals surface area contributed by atoms with E-state index < -0.39 is 0 Å². The van der Waals surface area contributed by atoms with Crippen LogP contribution in [-0.4, -0.2) is 32.4 Å². The van der Waals surface area contributed by atoms with Crippen LogP contribution in [0.15, 0.2) is 18.3 Å². The van der Waals surface area contributed by atoms with Gasteiger partial charge < -0.3 is 10.1 Å². The summed E-state index contributed by atoms with van der Waals surface area (Å²) in [5.74, 6) is 2.46. The normalized spacial score (nSPS) is 24.6. The molecule has 1 N–H and O–H groups in total. The van der Waals surface area contributed by atoms with Crippen molar-refractivity contribution in [2.75, 3.05) is 11.9 Å². The van der Waals surface area contributed by atoms with E-state index in [-0.39, 0.29) is 12.1 Å². The number of aromatic nitrogens is 4. The molecule has 4 rings (SSSR count). The molecule has 3 heterocycles. The van der Waals surface area contributed by atoms with Gasteiger partial charge in [-0.05, 0) is 32.3 Å². The van der Waals surface area contributed by atoms with Gasteiger partial charge in [0.1, 0.15) is 17.7 Å². The average Bonchev–Trinajstić information content (AvgIpc) is 3.04. The molecule has 1 saturated heterocycles. The summed E-state index contributed by atoms with van der Waals surface area (Å²) in [6.45, 7) is 2.80. The van der Waals surface area contributed by atoms with Gasteiger partial charge in [0.05, 0.1) is 11.7 Å². The maximum atomic E-state index is 5.94. The SMILES string of the molecule is Cc1cc(N[C@H]2CCO[C@@H]2c2ccnn2C)nc(C2CCC2)n1. The van der Waals surface area contributed by atoms with Crippen LogP contribution in [0.2, 0.25) is 0 Å². The molecule has 2 aromatic rings. The van der Waals surface area contributed by atoms with Gasteiger partial charge in [-0.1, -0.05) is 6.42 Å². The van der Waals surface area contributed by atoms with Crippen LogP contribution in [0.5, 0.6) is 0 Å². The maximum Gasteiger partial charge on any atom is 0.134 e. The van der Waals surface area contributed by atoms with Crippen molar-refractivity contribution < 1.29 is 4.74 Å². The van der Waals surface area contributed by atoms with Gasteiger partial charge in [-0.2, -0.15) is 5.10 Å². The highest BCUT2D eigenvalue weighted by Crippen LogP contribution is 2.35. The smallest absolute Gasteiger partial charge is 0.134 e. The van der Waals surface area contributed by atoms with Crippen LogP contribution in [0.25, 0.3) is 0 Å². The third-order valence-corrected chi connectivity index (χ3v) is 4.92. The van der Waals surface area contributed by atoms with E-state index in [2.05, 4.69) is 15.4 Å². The highest BCUT2D eigenvalue weighted by Gasteiger charge is 2.32. The maximum absolute atomic E-state index is 5.94. The fourth-order valence-electron chi connectivity index (χ4n) is 3.40. The monoisotopic (exact) mass is 313 g/mol. The third-order valence-electron chi connectivity index (χ3n) is 4.92. The van der Waals surface area contributed by atoms with Crippen LogP contribution in [0, 0.1) is 6.92 Å². The summed E-state index contributed by atoms with van der Waals surface area (Å²) in [6.07, 6.45) is 6.53. The molecule has 6 heteroatoms. The largest absolute Gasteiger partial charge is 0.370 e. The molecule has 0 aromatic carbocycles. The number of aryl methyl sites for hydroxylation is 2. The zero-order valence-corrected chi connectivity index (χ0v) is 13.7. The summed E-state index contributed by atoms with van der Waals surface area (Å²) in [7, 11) is 1.96. The molecule has 2 fully saturated rings. The lowest BCUT2D eigenvalue weighted by Gasteiger charge is -2.25. The summed E-state index contributed by atoms with van der Waals surface area (Å²) in [4.78, 5) is 9.37. The summed E-state index contributed by atoms with van der Waals surface area (Å²) in [6, 6.07) is 4.27. The van der Waals surface area contributed by atoms with E-state index in [9.17, 15) is 0 Å². The fraction of sp³-hybridized carbons (Fsp3) is 0.588. The van der Waals surface area contributed by atoms with Crippen molar-refractivity contribution in [3.63, 3.8) is 0 Å². The Kier molecular flexibility index (Phi) is 3.77. The zero-order valence-electron chi connectivity index (χ0n) is 13.7. The summed E-state index contributed by atoms with van der Waals surface area (Å²) >= 11 is 0. The molecule has 0 spiro atoms. The summed E-state index contributed by atoms with van der Waals surface area (Å²) in [5, 5.41) is 7.83. The second kappa shape index (κ2) is 5.92. The second-order valence-electron chi connectivity index (χ2n) is 6.59. The second-order valence-corrected chi connectivity index (χ2v) is 6.59. The van der Waals surface area contributed by atoms with E-state index in [0.29, 0.717) is 5.92 Å². The van der Waals surface area contributed by atoms with E-state index in [1.807, 2.05) is 37.0 Å². The minimum absolute atomic E-state index is 0.0184. The van der Waals surface area contributed by atoms with Crippen LogP contribution >= 0.6 is 0 Å². The lowest BCUT2D eigenvalue weighted by atomic mass is 9.85. The fourth-order valence-corrected chi connectivity index (χ4v) is 3.40. The predicted molar refractivity (Wildman–Crippen MR) is 87.3 cm³/mol. The number of nitrogens with one attached hydrogen (secondary N) is 1. The van der Waals surface area contributed by atoms with Crippen molar-refractivity contribution in [2.24, 2.45) is 7.05 Å². The highest BCUT2D eigenvalue weighted by atomic mass is 16.5. The summed E-state index contributed by atoms with van der Waals surface area (Å²) in [5.41, 5.74) is 2.13. The van der Waals surface area contributed by atoms with Gasteiger partial charge in [0, 0.05) is 37.5 Å². The molecule has 0 unspecified atom stereocenters. The molecule has 6 nitrogen and oxygen atoms in total. The Hall–Kier alpha value is -1.95. The number of nitrogens with zero attached hydrogens (tertiary/aromatic N) is 4. The zero-order chi connectivity index (χ0) is 15.8. The number of hydrogen-bond donors (Lipinski definition) is 1. The number of anilines is 1. The van der Waals surface area contributed by atoms with E-state index in [1.54, 1.807) is 0 Å². The Balaban J connectivity index is 1.55. The first-order valence-electron chi connectivity index (χ1n) is 8.42. The Morgan fingerprint density at radius 2 is 2.13 bits per heavy atom. The molecule has 2 atom stereocenters. The Morgan fingerprint density at radius 1 is 1.26 bits per heavy atom. The van der Waals surface area contributed by atoms with Crippen LogP contribution in [0.1, 0.15) is 54.9 Å². The van der Waals surface area contributed by atoms with Crippen molar-refractivity contribution in [2.45, 2.75) is 50.7 Å². The molecule has 23 heavy (non-hydrogen) atoms. The lowest BCUT2D eigenvalue weighted by Crippen LogP contribution is -2.26. The molecule has 0 amide bonds. The molecule has 1 aliphatic heterocycles. The standard InChI is InChI=1S/C17H23N5O/c1-11-10-15(21-17(19-11)12-4-3-5-12)20-13-7-9-23-16(13)14-6-8-18-22(14)2/h6,8,10,12-13,16H,3-5,7,9H2,1-2H3,(H,19,20,21)/t13-,16-/m0/s1. The minimum Gasteiger partial charge on any atom is -0.370 e. The predicted octanol–water partition coefficient (Wildman–Crippen LogP) is 2.73. The molecule has 1 saturated carbocycles. The molecule has 0 bridgehead atoms. The first-order chi connectivity index (χ1) is 11.2. The summed E-state index contributed by atoms with van der Waals surface area (Å²) < 4.78 is 7.82. The van der Waals surface area contributed by atoms with E-state index in [0.717, 1.165) is 36.1 Å². The first kappa shape index (κ1) is 14.6. The van der Waals surface area contributed by atoms with Gasteiger partial charge in [-0.25, -0.2) is 9.97 Å². The minimum atomic E-state index is 0.0184. The van der Waals surface area contributed by atoms with Gasteiger partial charge in [-0.3, -0.25) is 4.68 Å². The van der Waals surface area contributed by atoms with Crippen molar-refractivity contribution in [3.05, 3.63) is 35.5 Å². The van der Waals surface area contributed by atoms with E-state index in [1.165, 1.54) is 19.3 Å². The van der Waals surface area contributed by atoms with Crippen molar-refractivity contribution >= 4 is 5.82 Å². The molecule has 0 radical (unpaired) electrons. The number of rotatable bonds is 4. The highest BCUT2D eigenvalue weighted by molar-refractivity contribution is 5.39.